The Kier molecular flexibility index (Phi) is 5.81. The summed E-state index contributed by atoms with van der Waals surface area (Å²) in [6.45, 7) is 5.78. The van der Waals surface area contributed by atoms with Gasteiger partial charge in [-0.05, 0) is 13.3 Å². The van der Waals surface area contributed by atoms with Gasteiger partial charge < -0.3 is 4.74 Å². The van der Waals surface area contributed by atoms with Crippen LogP contribution in [0.3, 0.4) is 0 Å². The van der Waals surface area contributed by atoms with Crippen LogP contribution in [0.15, 0.2) is 6.20 Å². The first-order valence-electron chi connectivity index (χ1n) is 5.89. The predicted molar refractivity (Wildman–Crippen MR) is 60.0 cm³/mol. The Balaban J connectivity index is 2.21. The van der Waals surface area contributed by atoms with Crippen molar-refractivity contribution in [2.75, 3.05) is 6.61 Å². The van der Waals surface area contributed by atoms with E-state index in [0.717, 1.165) is 18.8 Å². The Hall–Kier alpha value is -1.06. The highest BCUT2D eigenvalue weighted by atomic mass is 16.5. The van der Waals surface area contributed by atoms with E-state index in [1.807, 2.05) is 11.6 Å². The third-order valence-corrected chi connectivity index (χ3v) is 2.35. The van der Waals surface area contributed by atoms with Crippen LogP contribution >= 0.6 is 0 Å². The van der Waals surface area contributed by atoms with Crippen LogP contribution in [0.4, 0.5) is 0 Å². The first-order chi connectivity index (χ1) is 7.38. The molecule has 86 valence electrons. The fourth-order valence-corrected chi connectivity index (χ4v) is 1.53. The maximum absolute atomic E-state index is 5.39. The van der Waals surface area contributed by atoms with Crippen molar-refractivity contribution in [3.63, 3.8) is 0 Å². The lowest BCUT2D eigenvalue weighted by Crippen LogP contribution is -2.05. The molecule has 1 rings (SSSR count). The number of rotatable bonds is 8. The zero-order valence-corrected chi connectivity index (χ0v) is 9.78. The summed E-state index contributed by atoms with van der Waals surface area (Å²) < 4.78 is 7.24. The molecule has 1 aromatic rings. The van der Waals surface area contributed by atoms with Gasteiger partial charge in [0.05, 0.1) is 6.61 Å². The Bertz CT molecular complexity index is 260. The highest BCUT2D eigenvalue weighted by Crippen LogP contribution is 2.10. The van der Waals surface area contributed by atoms with Crippen LogP contribution in [0, 0.1) is 0 Å². The number of hydrogen-bond acceptors (Lipinski definition) is 3. The third kappa shape index (κ3) is 4.32. The maximum atomic E-state index is 5.39. The van der Waals surface area contributed by atoms with Gasteiger partial charge in [-0.3, -0.25) is 0 Å². The Morgan fingerprint density at radius 1 is 1.20 bits per heavy atom. The summed E-state index contributed by atoms with van der Waals surface area (Å²) in [5, 5.41) is 7.84. The number of aromatic nitrogens is 3. The van der Waals surface area contributed by atoms with Gasteiger partial charge in [0.1, 0.15) is 6.20 Å². The van der Waals surface area contributed by atoms with E-state index >= 15 is 0 Å². The third-order valence-electron chi connectivity index (χ3n) is 2.35. The average Bonchev–Trinajstić information content (AvgIpc) is 2.66. The van der Waals surface area contributed by atoms with Crippen molar-refractivity contribution in [1.82, 2.24) is 15.0 Å². The summed E-state index contributed by atoms with van der Waals surface area (Å²) in [5.74, 6) is 0.785. The molecule has 0 fully saturated rings. The molecule has 0 aliphatic heterocycles. The second-order valence-electron chi connectivity index (χ2n) is 3.64. The topological polar surface area (TPSA) is 39.9 Å². The first-order valence-corrected chi connectivity index (χ1v) is 5.89. The standard InChI is InChI=1S/C11H21N3O/c1-3-5-6-7-8-9-14-11(15-4-2)10-12-13-14/h10H,3-9H2,1-2H3. The zero-order valence-electron chi connectivity index (χ0n) is 9.78. The second kappa shape index (κ2) is 7.26. The zero-order chi connectivity index (χ0) is 10.9. The van der Waals surface area contributed by atoms with Crippen molar-refractivity contribution in [2.45, 2.75) is 52.5 Å². The minimum atomic E-state index is 0.670. The minimum absolute atomic E-state index is 0.670. The molecule has 0 aliphatic rings. The molecule has 0 atom stereocenters. The van der Waals surface area contributed by atoms with Crippen LogP contribution in [0.5, 0.6) is 5.88 Å². The van der Waals surface area contributed by atoms with Crippen LogP contribution < -0.4 is 4.74 Å². The van der Waals surface area contributed by atoms with E-state index in [0.29, 0.717) is 6.61 Å². The van der Waals surface area contributed by atoms with Gasteiger partial charge >= 0.3 is 0 Å². The SMILES string of the molecule is CCCCCCCn1nncc1OCC. The van der Waals surface area contributed by atoms with Gasteiger partial charge in [0.2, 0.25) is 5.88 Å². The highest BCUT2D eigenvalue weighted by Gasteiger charge is 2.02. The minimum Gasteiger partial charge on any atom is -0.477 e. The van der Waals surface area contributed by atoms with Crippen LogP contribution in [-0.4, -0.2) is 21.6 Å². The van der Waals surface area contributed by atoms with Gasteiger partial charge in [0.15, 0.2) is 0 Å². The van der Waals surface area contributed by atoms with Crippen molar-refractivity contribution in [3.8, 4) is 5.88 Å². The van der Waals surface area contributed by atoms with Crippen molar-refractivity contribution in [2.24, 2.45) is 0 Å². The Labute approximate surface area is 91.6 Å². The van der Waals surface area contributed by atoms with Crippen molar-refractivity contribution < 1.29 is 4.74 Å². The lowest BCUT2D eigenvalue weighted by Gasteiger charge is -2.05. The average molecular weight is 211 g/mol. The lowest BCUT2D eigenvalue weighted by atomic mass is 10.1. The molecule has 4 heteroatoms. The van der Waals surface area contributed by atoms with Crippen molar-refractivity contribution in [3.05, 3.63) is 6.20 Å². The van der Waals surface area contributed by atoms with E-state index in [4.69, 9.17) is 4.74 Å². The largest absolute Gasteiger partial charge is 0.477 e. The summed E-state index contributed by atoms with van der Waals surface area (Å²) >= 11 is 0. The quantitative estimate of drug-likeness (QED) is 0.621. The van der Waals surface area contributed by atoms with E-state index in [2.05, 4.69) is 17.2 Å². The molecule has 0 saturated carbocycles. The predicted octanol–water partition coefficient (Wildman–Crippen LogP) is 2.65. The molecule has 0 spiro atoms. The van der Waals surface area contributed by atoms with Gasteiger partial charge in [-0.25, -0.2) is 4.68 Å². The molecular formula is C11H21N3O. The summed E-state index contributed by atoms with van der Waals surface area (Å²) in [4.78, 5) is 0. The fourth-order valence-electron chi connectivity index (χ4n) is 1.53. The highest BCUT2D eigenvalue weighted by molar-refractivity contribution is 5.00. The molecule has 0 aliphatic carbocycles. The molecule has 0 aromatic carbocycles. The molecule has 0 N–H and O–H groups in total. The molecule has 0 radical (unpaired) electrons. The molecule has 0 unspecified atom stereocenters. The summed E-state index contributed by atoms with van der Waals surface area (Å²) in [7, 11) is 0. The molecule has 1 heterocycles. The van der Waals surface area contributed by atoms with E-state index in [-0.39, 0.29) is 0 Å². The van der Waals surface area contributed by atoms with Crippen LogP contribution in [0.1, 0.15) is 46.0 Å². The number of nitrogens with zero attached hydrogens (tertiary/aromatic N) is 3. The van der Waals surface area contributed by atoms with Gasteiger partial charge in [0, 0.05) is 6.54 Å². The van der Waals surface area contributed by atoms with Gasteiger partial charge in [-0.2, -0.15) is 0 Å². The molecule has 0 bridgehead atoms. The Morgan fingerprint density at radius 3 is 2.73 bits per heavy atom. The van der Waals surface area contributed by atoms with E-state index in [9.17, 15) is 0 Å². The van der Waals surface area contributed by atoms with Crippen molar-refractivity contribution >= 4 is 0 Å². The van der Waals surface area contributed by atoms with Crippen molar-refractivity contribution in [1.29, 1.82) is 0 Å². The molecular weight excluding hydrogens is 190 g/mol. The van der Waals surface area contributed by atoms with Gasteiger partial charge in [-0.1, -0.05) is 37.8 Å². The monoisotopic (exact) mass is 211 g/mol. The maximum Gasteiger partial charge on any atom is 0.232 e. The number of ether oxygens (including phenoxy) is 1. The van der Waals surface area contributed by atoms with Crippen LogP contribution in [0.2, 0.25) is 0 Å². The number of unbranched alkanes of at least 4 members (excludes halogenated alkanes) is 4. The number of aryl methyl sites for hydroxylation is 1. The summed E-state index contributed by atoms with van der Waals surface area (Å²) in [6, 6.07) is 0. The Morgan fingerprint density at radius 2 is 2.00 bits per heavy atom. The normalized spacial score (nSPS) is 10.5. The summed E-state index contributed by atoms with van der Waals surface area (Å²) in [5.41, 5.74) is 0. The van der Waals surface area contributed by atoms with E-state index < -0.39 is 0 Å². The van der Waals surface area contributed by atoms with Gasteiger partial charge in [0.25, 0.3) is 0 Å². The smallest absolute Gasteiger partial charge is 0.232 e. The molecule has 0 saturated heterocycles. The molecule has 15 heavy (non-hydrogen) atoms. The van der Waals surface area contributed by atoms with E-state index in [1.165, 1.54) is 25.7 Å². The van der Waals surface area contributed by atoms with Crippen LogP contribution in [-0.2, 0) is 6.54 Å². The molecule has 0 amide bonds. The van der Waals surface area contributed by atoms with E-state index in [1.54, 1.807) is 6.20 Å². The summed E-state index contributed by atoms with van der Waals surface area (Å²) in [6.07, 6.45) is 8.02. The lowest BCUT2D eigenvalue weighted by molar-refractivity contribution is 0.298. The second-order valence-corrected chi connectivity index (χ2v) is 3.64. The van der Waals surface area contributed by atoms with Gasteiger partial charge in [-0.15, -0.1) is 5.10 Å². The number of hydrogen-bond donors (Lipinski definition) is 0. The first kappa shape index (κ1) is 12.0. The molecule has 1 aromatic heterocycles. The molecule has 4 nitrogen and oxygen atoms in total. The van der Waals surface area contributed by atoms with Crippen LogP contribution in [0.25, 0.3) is 0 Å². The fraction of sp³-hybridized carbons (Fsp3) is 0.818.